The number of amides is 1. The van der Waals surface area contributed by atoms with Gasteiger partial charge in [0.1, 0.15) is 0 Å². The molecule has 0 bridgehead atoms. The summed E-state index contributed by atoms with van der Waals surface area (Å²) in [5, 5.41) is 4.04. The first-order valence-electron chi connectivity index (χ1n) is 7.56. The number of hydrogen-bond donors (Lipinski definition) is 0. The highest BCUT2D eigenvalue weighted by Crippen LogP contribution is 2.19. The van der Waals surface area contributed by atoms with Crippen molar-refractivity contribution in [2.45, 2.75) is 18.6 Å². The average Bonchev–Trinajstić information content (AvgIpc) is 3.00. The van der Waals surface area contributed by atoms with E-state index in [0.29, 0.717) is 29.0 Å². The monoisotopic (exact) mass is 383 g/mol. The van der Waals surface area contributed by atoms with Crippen LogP contribution < -0.4 is 0 Å². The highest BCUT2D eigenvalue weighted by atomic mass is 35.5. The van der Waals surface area contributed by atoms with Crippen LogP contribution in [0.5, 0.6) is 0 Å². The van der Waals surface area contributed by atoms with Crippen LogP contribution in [-0.4, -0.2) is 63.1 Å². The number of nitrogens with zero attached hydrogens (tertiary/aromatic N) is 5. The third-order valence-electron chi connectivity index (χ3n) is 3.82. The Kier molecular flexibility index (Phi) is 5.70. The normalized spacial score (nSPS) is 15.7. The van der Waals surface area contributed by atoms with Crippen molar-refractivity contribution in [3.8, 4) is 0 Å². The molecule has 0 N–H and O–H groups in total. The smallest absolute Gasteiger partial charge is 0.274 e. The second-order valence-corrected chi connectivity index (χ2v) is 7.72. The van der Waals surface area contributed by atoms with Crippen LogP contribution in [0.4, 0.5) is 0 Å². The standard InChI is InChI=1S/C15H18ClN5OS2/c1-10-18-11(9-24-10)8-20-3-5-21(6-4-20)14(22)13-12(16)7-17-15(19-13)23-2/h7,9H,3-6,8H2,1-2H3. The summed E-state index contributed by atoms with van der Waals surface area (Å²) in [5.74, 6) is -0.123. The molecule has 1 saturated heterocycles. The fraction of sp³-hybridized carbons (Fsp3) is 0.467. The zero-order valence-corrected chi connectivity index (χ0v) is 15.9. The van der Waals surface area contributed by atoms with Gasteiger partial charge in [0.2, 0.25) is 0 Å². The zero-order valence-electron chi connectivity index (χ0n) is 13.5. The molecule has 1 amide bonds. The van der Waals surface area contributed by atoms with E-state index < -0.39 is 0 Å². The Bertz CT molecular complexity index is 730. The van der Waals surface area contributed by atoms with Gasteiger partial charge in [0.25, 0.3) is 5.91 Å². The largest absolute Gasteiger partial charge is 0.335 e. The van der Waals surface area contributed by atoms with E-state index in [0.717, 1.165) is 30.3 Å². The van der Waals surface area contributed by atoms with Gasteiger partial charge in [-0.3, -0.25) is 9.69 Å². The second-order valence-electron chi connectivity index (χ2n) is 5.48. The van der Waals surface area contributed by atoms with Gasteiger partial charge < -0.3 is 4.90 Å². The summed E-state index contributed by atoms with van der Waals surface area (Å²) < 4.78 is 0. The predicted octanol–water partition coefficient (Wildman–Crippen LogP) is 2.57. The molecule has 24 heavy (non-hydrogen) atoms. The van der Waals surface area contributed by atoms with E-state index in [-0.39, 0.29) is 5.91 Å². The van der Waals surface area contributed by atoms with E-state index in [1.54, 1.807) is 16.2 Å². The van der Waals surface area contributed by atoms with Crippen molar-refractivity contribution in [2.24, 2.45) is 0 Å². The molecule has 0 unspecified atom stereocenters. The van der Waals surface area contributed by atoms with Crippen LogP contribution in [0.2, 0.25) is 5.02 Å². The van der Waals surface area contributed by atoms with Crippen molar-refractivity contribution in [1.29, 1.82) is 0 Å². The number of carbonyl (C=O) groups excluding carboxylic acids is 1. The summed E-state index contributed by atoms with van der Waals surface area (Å²) in [6.07, 6.45) is 3.37. The molecule has 128 valence electrons. The Morgan fingerprint density at radius 3 is 2.71 bits per heavy atom. The molecular formula is C15H18ClN5OS2. The average molecular weight is 384 g/mol. The number of piperazine rings is 1. The number of aryl methyl sites for hydroxylation is 1. The van der Waals surface area contributed by atoms with Gasteiger partial charge in [-0.25, -0.2) is 15.0 Å². The van der Waals surface area contributed by atoms with Crippen LogP contribution in [0.15, 0.2) is 16.7 Å². The first-order chi connectivity index (χ1) is 11.6. The molecule has 6 nitrogen and oxygen atoms in total. The second kappa shape index (κ2) is 7.77. The first-order valence-corrected chi connectivity index (χ1v) is 10.0. The van der Waals surface area contributed by atoms with Gasteiger partial charge in [0.05, 0.1) is 21.9 Å². The highest BCUT2D eigenvalue weighted by molar-refractivity contribution is 7.98. The van der Waals surface area contributed by atoms with E-state index >= 15 is 0 Å². The molecule has 3 rings (SSSR count). The number of hydrogen-bond acceptors (Lipinski definition) is 7. The number of carbonyl (C=O) groups is 1. The minimum absolute atomic E-state index is 0.123. The summed E-state index contributed by atoms with van der Waals surface area (Å²) in [6, 6.07) is 0. The maximum Gasteiger partial charge on any atom is 0.274 e. The quantitative estimate of drug-likeness (QED) is 0.597. The van der Waals surface area contributed by atoms with Crippen molar-refractivity contribution in [3.05, 3.63) is 33.0 Å². The van der Waals surface area contributed by atoms with Gasteiger partial charge in [0.15, 0.2) is 10.9 Å². The molecule has 0 aliphatic carbocycles. The van der Waals surface area contributed by atoms with Crippen molar-refractivity contribution >= 4 is 40.6 Å². The van der Waals surface area contributed by atoms with E-state index in [9.17, 15) is 4.79 Å². The lowest BCUT2D eigenvalue weighted by molar-refractivity contribution is 0.0620. The summed E-state index contributed by atoms with van der Waals surface area (Å²) >= 11 is 9.17. The van der Waals surface area contributed by atoms with Gasteiger partial charge in [-0.15, -0.1) is 11.3 Å². The molecule has 0 aromatic carbocycles. The number of thioether (sulfide) groups is 1. The Labute approximate surface area is 154 Å². The van der Waals surface area contributed by atoms with Crippen LogP contribution in [0.25, 0.3) is 0 Å². The molecule has 0 spiro atoms. The minimum atomic E-state index is -0.123. The maximum atomic E-state index is 12.7. The lowest BCUT2D eigenvalue weighted by Gasteiger charge is -2.34. The Balaban J connectivity index is 1.61. The van der Waals surface area contributed by atoms with Crippen molar-refractivity contribution in [1.82, 2.24) is 24.8 Å². The lowest BCUT2D eigenvalue weighted by Crippen LogP contribution is -2.48. The van der Waals surface area contributed by atoms with Gasteiger partial charge in [-0.2, -0.15) is 0 Å². The number of rotatable bonds is 4. The SMILES string of the molecule is CSc1ncc(Cl)c(C(=O)N2CCN(Cc3csc(C)n3)CC2)n1. The predicted molar refractivity (Wildman–Crippen MR) is 96.9 cm³/mol. The molecule has 9 heteroatoms. The van der Waals surface area contributed by atoms with Gasteiger partial charge >= 0.3 is 0 Å². The highest BCUT2D eigenvalue weighted by Gasteiger charge is 2.25. The molecule has 1 aliphatic heterocycles. The topological polar surface area (TPSA) is 62.2 Å². The number of halogens is 1. The summed E-state index contributed by atoms with van der Waals surface area (Å²) in [4.78, 5) is 29.6. The minimum Gasteiger partial charge on any atom is -0.335 e. The zero-order chi connectivity index (χ0) is 17.1. The van der Waals surface area contributed by atoms with Crippen LogP contribution >= 0.6 is 34.7 Å². The molecule has 2 aromatic rings. The van der Waals surface area contributed by atoms with Crippen molar-refractivity contribution in [2.75, 3.05) is 32.4 Å². The Morgan fingerprint density at radius 1 is 1.33 bits per heavy atom. The van der Waals surface area contributed by atoms with Crippen LogP contribution in [-0.2, 0) is 6.54 Å². The van der Waals surface area contributed by atoms with Crippen molar-refractivity contribution < 1.29 is 4.79 Å². The van der Waals surface area contributed by atoms with Gasteiger partial charge in [0, 0.05) is 38.1 Å². The van der Waals surface area contributed by atoms with E-state index in [1.807, 2.05) is 13.2 Å². The Hall–Kier alpha value is -1.22. The molecular weight excluding hydrogens is 366 g/mol. The summed E-state index contributed by atoms with van der Waals surface area (Å²) in [6.45, 7) is 5.81. The maximum absolute atomic E-state index is 12.7. The molecule has 2 aromatic heterocycles. The van der Waals surface area contributed by atoms with Gasteiger partial charge in [-0.1, -0.05) is 23.4 Å². The van der Waals surface area contributed by atoms with E-state index in [1.165, 1.54) is 18.0 Å². The van der Waals surface area contributed by atoms with E-state index in [4.69, 9.17) is 11.6 Å². The molecule has 1 fully saturated rings. The molecule has 0 saturated carbocycles. The Morgan fingerprint density at radius 2 is 2.08 bits per heavy atom. The first kappa shape index (κ1) is 17.6. The van der Waals surface area contributed by atoms with E-state index in [2.05, 4.69) is 25.2 Å². The van der Waals surface area contributed by atoms with Crippen LogP contribution in [0.1, 0.15) is 21.2 Å². The van der Waals surface area contributed by atoms with Crippen LogP contribution in [0.3, 0.4) is 0 Å². The summed E-state index contributed by atoms with van der Waals surface area (Å²) in [5.41, 5.74) is 1.39. The third-order valence-corrected chi connectivity index (χ3v) is 5.48. The fourth-order valence-electron chi connectivity index (χ4n) is 2.57. The molecule has 3 heterocycles. The van der Waals surface area contributed by atoms with Crippen molar-refractivity contribution in [3.63, 3.8) is 0 Å². The number of thiazole rings is 1. The lowest BCUT2D eigenvalue weighted by atomic mass is 10.2. The molecule has 0 atom stereocenters. The molecule has 0 radical (unpaired) electrons. The van der Waals surface area contributed by atoms with Crippen LogP contribution in [0, 0.1) is 6.92 Å². The number of aromatic nitrogens is 3. The summed E-state index contributed by atoms with van der Waals surface area (Å²) in [7, 11) is 0. The van der Waals surface area contributed by atoms with Gasteiger partial charge in [-0.05, 0) is 13.2 Å². The third kappa shape index (κ3) is 4.05. The fourth-order valence-corrected chi connectivity index (χ4v) is 3.68. The molecule has 1 aliphatic rings.